The number of carboxylic acids is 1. The second-order valence-corrected chi connectivity index (χ2v) is 4.49. The fourth-order valence-electron chi connectivity index (χ4n) is 1.64. The van der Waals surface area contributed by atoms with Gasteiger partial charge in [-0.1, -0.05) is 5.16 Å². The van der Waals surface area contributed by atoms with Crippen molar-refractivity contribution in [3.8, 4) is 0 Å². The van der Waals surface area contributed by atoms with E-state index in [1.807, 2.05) is 6.92 Å². The smallest absolute Gasteiger partial charge is 0.303 e. The lowest BCUT2D eigenvalue weighted by Crippen LogP contribution is -2.32. The van der Waals surface area contributed by atoms with Gasteiger partial charge in [-0.3, -0.25) is 9.59 Å². The van der Waals surface area contributed by atoms with Crippen molar-refractivity contribution in [1.29, 1.82) is 0 Å². The summed E-state index contributed by atoms with van der Waals surface area (Å²) in [5.41, 5.74) is 0. The topological polar surface area (TPSA) is 105 Å². The molecule has 0 aliphatic rings. The van der Waals surface area contributed by atoms with Crippen molar-refractivity contribution < 1.29 is 19.2 Å². The standard InChI is InChI=1S/C12H19N3O4/c1-8(4-3-5-12(17)18)13-10(16)6-7-11-14-9(2)15-19-11/h8H,3-7H2,1-2H3,(H,13,16)(H,17,18). The Kier molecular flexibility index (Phi) is 5.98. The van der Waals surface area contributed by atoms with E-state index < -0.39 is 5.97 Å². The highest BCUT2D eigenvalue weighted by Gasteiger charge is 2.10. The predicted octanol–water partition coefficient (Wildman–Crippen LogP) is 1.07. The quantitative estimate of drug-likeness (QED) is 0.731. The summed E-state index contributed by atoms with van der Waals surface area (Å²) >= 11 is 0. The van der Waals surface area contributed by atoms with Crippen LogP contribution in [0.3, 0.4) is 0 Å². The van der Waals surface area contributed by atoms with Crippen LogP contribution in [-0.2, 0) is 16.0 Å². The molecule has 0 radical (unpaired) electrons. The number of hydrogen-bond donors (Lipinski definition) is 2. The van der Waals surface area contributed by atoms with Crippen LogP contribution in [0, 0.1) is 6.92 Å². The molecule has 0 saturated heterocycles. The molecule has 0 aliphatic heterocycles. The van der Waals surface area contributed by atoms with E-state index in [2.05, 4.69) is 15.5 Å². The molecule has 106 valence electrons. The highest BCUT2D eigenvalue weighted by Crippen LogP contribution is 2.03. The van der Waals surface area contributed by atoms with Gasteiger partial charge >= 0.3 is 5.97 Å². The molecule has 7 heteroatoms. The fourth-order valence-corrected chi connectivity index (χ4v) is 1.64. The molecule has 19 heavy (non-hydrogen) atoms. The van der Waals surface area contributed by atoms with Gasteiger partial charge in [-0.15, -0.1) is 0 Å². The minimum absolute atomic E-state index is 0.0312. The average molecular weight is 269 g/mol. The van der Waals surface area contributed by atoms with Crippen molar-refractivity contribution in [2.75, 3.05) is 0 Å². The van der Waals surface area contributed by atoms with Gasteiger partial charge in [0.2, 0.25) is 11.8 Å². The van der Waals surface area contributed by atoms with Gasteiger partial charge in [0.1, 0.15) is 0 Å². The van der Waals surface area contributed by atoms with Crippen molar-refractivity contribution in [2.24, 2.45) is 0 Å². The molecule has 0 saturated carbocycles. The summed E-state index contributed by atoms with van der Waals surface area (Å²) in [7, 11) is 0. The highest BCUT2D eigenvalue weighted by molar-refractivity contribution is 5.76. The summed E-state index contributed by atoms with van der Waals surface area (Å²) in [5.74, 6) is 0.0904. The molecule has 1 unspecified atom stereocenters. The minimum atomic E-state index is -0.815. The maximum Gasteiger partial charge on any atom is 0.303 e. The Labute approximate surface area is 111 Å². The van der Waals surface area contributed by atoms with Crippen LogP contribution in [-0.4, -0.2) is 33.2 Å². The first-order valence-corrected chi connectivity index (χ1v) is 6.27. The van der Waals surface area contributed by atoms with Crippen LogP contribution in [0.2, 0.25) is 0 Å². The summed E-state index contributed by atoms with van der Waals surface area (Å²) in [5, 5.41) is 15.0. The molecule has 1 rings (SSSR count). The molecular formula is C12H19N3O4. The summed E-state index contributed by atoms with van der Waals surface area (Å²) in [6.07, 6.45) is 2.03. The molecule has 1 aromatic heterocycles. The normalized spacial score (nSPS) is 12.1. The van der Waals surface area contributed by atoms with Crippen LogP contribution in [0.15, 0.2) is 4.52 Å². The molecule has 1 atom stereocenters. The van der Waals surface area contributed by atoms with Crippen LogP contribution in [0.4, 0.5) is 0 Å². The first kappa shape index (κ1) is 15.1. The Hall–Kier alpha value is -1.92. The molecular weight excluding hydrogens is 250 g/mol. The fraction of sp³-hybridized carbons (Fsp3) is 0.667. The van der Waals surface area contributed by atoms with E-state index in [0.717, 1.165) is 0 Å². The van der Waals surface area contributed by atoms with Gasteiger partial charge in [0.25, 0.3) is 0 Å². The molecule has 0 bridgehead atoms. The van der Waals surface area contributed by atoms with Gasteiger partial charge in [0.15, 0.2) is 5.82 Å². The third-order valence-corrected chi connectivity index (χ3v) is 2.57. The third-order valence-electron chi connectivity index (χ3n) is 2.57. The van der Waals surface area contributed by atoms with Gasteiger partial charge in [0, 0.05) is 25.3 Å². The number of nitrogens with zero attached hydrogens (tertiary/aromatic N) is 2. The lowest BCUT2D eigenvalue weighted by molar-refractivity contribution is -0.137. The molecule has 2 N–H and O–H groups in total. The maximum absolute atomic E-state index is 11.6. The molecule has 7 nitrogen and oxygen atoms in total. The van der Waals surface area contributed by atoms with Crippen LogP contribution >= 0.6 is 0 Å². The Bertz CT molecular complexity index is 430. The van der Waals surface area contributed by atoms with Gasteiger partial charge in [-0.25, -0.2) is 0 Å². The van der Waals surface area contributed by atoms with E-state index in [-0.39, 0.29) is 24.8 Å². The molecule has 1 amide bonds. The number of aliphatic carboxylic acids is 1. The van der Waals surface area contributed by atoms with E-state index in [9.17, 15) is 9.59 Å². The molecule has 1 aromatic rings. The SMILES string of the molecule is Cc1noc(CCC(=O)NC(C)CCCC(=O)O)n1. The number of amides is 1. The maximum atomic E-state index is 11.6. The number of aromatic nitrogens is 2. The Morgan fingerprint density at radius 2 is 2.16 bits per heavy atom. The lowest BCUT2D eigenvalue weighted by atomic mass is 10.1. The largest absolute Gasteiger partial charge is 0.481 e. The van der Waals surface area contributed by atoms with Crippen molar-refractivity contribution in [1.82, 2.24) is 15.5 Å². The first-order chi connectivity index (χ1) is 8.97. The molecule has 0 aliphatic carbocycles. The number of hydrogen-bond acceptors (Lipinski definition) is 5. The Morgan fingerprint density at radius 3 is 2.74 bits per heavy atom. The Morgan fingerprint density at radius 1 is 1.42 bits per heavy atom. The monoisotopic (exact) mass is 269 g/mol. The third kappa shape index (κ3) is 6.54. The van der Waals surface area contributed by atoms with E-state index in [1.165, 1.54) is 0 Å². The van der Waals surface area contributed by atoms with E-state index in [0.29, 0.717) is 31.0 Å². The van der Waals surface area contributed by atoms with Crippen molar-refractivity contribution in [3.63, 3.8) is 0 Å². The zero-order chi connectivity index (χ0) is 14.3. The van der Waals surface area contributed by atoms with E-state index in [4.69, 9.17) is 9.63 Å². The second kappa shape index (κ2) is 7.50. The van der Waals surface area contributed by atoms with Gasteiger partial charge < -0.3 is 14.9 Å². The molecule has 1 heterocycles. The summed E-state index contributed by atoms with van der Waals surface area (Å²) in [4.78, 5) is 26.0. The van der Waals surface area contributed by atoms with Crippen molar-refractivity contribution >= 4 is 11.9 Å². The average Bonchev–Trinajstić information content (AvgIpc) is 2.72. The van der Waals surface area contributed by atoms with Crippen LogP contribution in [0.25, 0.3) is 0 Å². The zero-order valence-corrected chi connectivity index (χ0v) is 11.2. The van der Waals surface area contributed by atoms with Gasteiger partial charge in [-0.2, -0.15) is 4.98 Å². The van der Waals surface area contributed by atoms with Crippen LogP contribution in [0.1, 0.15) is 44.3 Å². The number of nitrogens with one attached hydrogen (secondary N) is 1. The van der Waals surface area contributed by atoms with Crippen molar-refractivity contribution in [3.05, 3.63) is 11.7 Å². The van der Waals surface area contributed by atoms with Crippen molar-refractivity contribution in [2.45, 2.75) is 52.0 Å². The van der Waals surface area contributed by atoms with Gasteiger partial charge in [-0.05, 0) is 26.7 Å². The minimum Gasteiger partial charge on any atom is -0.481 e. The molecule has 0 aromatic carbocycles. The predicted molar refractivity (Wildman–Crippen MR) is 66.4 cm³/mol. The van der Waals surface area contributed by atoms with E-state index in [1.54, 1.807) is 6.92 Å². The molecule has 0 spiro atoms. The lowest BCUT2D eigenvalue weighted by Gasteiger charge is -2.12. The second-order valence-electron chi connectivity index (χ2n) is 4.49. The summed E-state index contributed by atoms with van der Waals surface area (Å²) in [6.45, 7) is 3.58. The van der Waals surface area contributed by atoms with E-state index >= 15 is 0 Å². The van der Waals surface area contributed by atoms with Gasteiger partial charge in [0.05, 0.1) is 0 Å². The molecule has 0 fully saturated rings. The summed E-state index contributed by atoms with van der Waals surface area (Å²) in [6, 6.07) is -0.0312. The number of aryl methyl sites for hydroxylation is 2. The number of rotatable bonds is 8. The zero-order valence-electron chi connectivity index (χ0n) is 11.2. The summed E-state index contributed by atoms with van der Waals surface area (Å²) < 4.78 is 4.90. The van der Waals surface area contributed by atoms with Crippen LogP contribution in [0.5, 0.6) is 0 Å². The number of carbonyl (C=O) groups excluding carboxylic acids is 1. The Balaban J connectivity index is 2.17. The van der Waals surface area contributed by atoms with Crippen LogP contribution < -0.4 is 5.32 Å². The number of carboxylic acid groups (broad SMARTS) is 1. The first-order valence-electron chi connectivity index (χ1n) is 6.27. The highest BCUT2D eigenvalue weighted by atomic mass is 16.5. The number of carbonyl (C=O) groups is 2.